The molecule has 2 heterocycles. The van der Waals surface area contributed by atoms with E-state index in [0.29, 0.717) is 13.0 Å². The lowest BCUT2D eigenvalue weighted by Gasteiger charge is -2.26. The maximum atomic E-state index is 12.8. The van der Waals surface area contributed by atoms with Gasteiger partial charge in [-0.2, -0.15) is 0 Å². The van der Waals surface area contributed by atoms with Crippen LogP contribution in [0.3, 0.4) is 0 Å². The van der Waals surface area contributed by atoms with E-state index in [2.05, 4.69) is 33.4 Å². The van der Waals surface area contributed by atoms with Gasteiger partial charge in [0.05, 0.1) is 6.04 Å². The number of hydrogen-bond acceptors (Lipinski definition) is 3. The lowest BCUT2D eigenvalue weighted by Crippen LogP contribution is -2.39. The van der Waals surface area contributed by atoms with Gasteiger partial charge in [-0.15, -0.1) is 11.8 Å². The van der Waals surface area contributed by atoms with E-state index < -0.39 is 5.92 Å². The van der Waals surface area contributed by atoms with Crippen LogP contribution < -0.4 is 10.2 Å². The normalized spacial score (nSPS) is 22.2. The Balaban J connectivity index is 1.47. The van der Waals surface area contributed by atoms with Crippen LogP contribution in [0.5, 0.6) is 0 Å². The van der Waals surface area contributed by atoms with Gasteiger partial charge in [-0.05, 0) is 42.7 Å². The first-order valence-electron chi connectivity index (χ1n) is 8.72. The first-order valence-corrected chi connectivity index (χ1v) is 10.5. The van der Waals surface area contributed by atoms with Gasteiger partial charge in [-0.3, -0.25) is 9.59 Å². The second kappa shape index (κ2) is 7.45. The Bertz CT molecular complexity index is 857. The summed E-state index contributed by atoms with van der Waals surface area (Å²) in [5.74, 6) is 0.110. The van der Waals surface area contributed by atoms with Gasteiger partial charge < -0.3 is 10.2 Å². The first kappa shape index (κ1) is 17.6. The predicted molar refractivity (Wildman–Crippen MR) is 107 cm³/mol. The predicted octanol–water partition coefficient (Wildman–Crippen LogP) is 4.16. The minimum absolute atomic E-state index is 0.00679. The Morgan fingerprint density at radius 1 is 1.15 bits per heavy atom. The molecule has 2 aromatic carbocycles. The van der Waals surface area contributed by atoms with Crippen molar-refractivity contribution in [1.82, 2.24) is 5.32 Å². The fraction of sp³-hybridized carbons (Fsp3) is 0.300. The molecule has 1 fully saturated rings. The van der Waals surface area contributed by atoms with Crippen molar-refractivity contribution in [2.24, 2.45) is 5.92 Å². The summed E-state index contributed by atoms with van der Waals surface area (Å²) in [6.45, 7) is 0.574. The Kier molecular flexibility index (Phi) is 5.05. The number of anilines is 1. The number of carbonyl (C=O) groups is 2. The van der Waals surface area contributed by atoms with Crippen LogP contribution in [0.1, 0.15) is 24.4 Å². The Hall–Kier alpha value is -1.79. The third kappa shape index (κ3) is 3.40. The van der Waals surface area contributed by atoms with Crippen LogP contribution in [0.15, 0.2) is 57.9 Å². The Morgan fingerprint density at radius 3 is 2.85 bits per heavy atom. The van der Waals surface area contributed by atoms with E-state index in [9.17, 15) is 9.59 Å². The molecule has 0 bridgehead atoms. The number of nitrogens with zero attached hydrogens (tertiary/aromatic N) is 1. The number of nitrogens with one attached hydrogen (secondary N) is 1. The van der Waals surface area contributed by atoms with E-state index in [1.165, 1.54) is 4.90 Å². The Morgan fingerprint density at radius 2 is 2.00 bits per heavy atom. The van der Waals surface area contributed by atoms with Gasteiger partial charge in [0.15, 0.2) is 0 Å². The zero-order valence-corrected chi connectivity index (χ0v) is 16.6. The van der Waals surface area contributed by atoms with Crippen molar-refractivity contribution in [2.75, 3.05) is 17.2 Å². The van der Waals surface area contributed by atoms with Gasteiger partial charge in [0.1, 0.15) is 5.92 Å². The van der Waals surface area contributed by atoms with Gasteiger partial charge in [-0.25, -0.2) is 0 Å². The van der Waals surface area contributed by atoms with Crippen LogP contribution >= 0.6 is 27.7 Å². The molecule has 2 atom stereocenters. The second-order valence-electron chi connectivity index (χ2n) is 6.55. The highest BCUT2D eigenvalue weighted by Crippen LogP contribution is 2.36. The number of hydrogen-bond donors (Lipinski definition) is 1. The van der Waals surface area contributed by atoms with Gasteiger partial charge in [-0.1, -0.05) is 40.2 Å². The zero-order valence-electron chi connectivity index (χ0n) is 14.2. The molecule has 0 aliphatic carbocycles. The molecule has 0 aromatic heterocycles. The lowest BCUT2D eigenvalue weighted by molar-refractivity contribution is -0.132. The highest BCUT2D eigenvalue weighted by atomic mass is 79.9. The van der Waals surface area contributed by atoms with Gasteiger partial charge >= 0.3 is 0 Å². The molecule has 2 aliphatic rings. The summed E-state index contributed by atoms with van der Waals surface area (Å²) in [5, 5.41) is 3.12. The average molecular weight is 431 g/mol. The Labute approximate surface area is 165 Å². The number of rotatable bonds is 3. The smallest absolute Gasteiger partial charge is 0.239 e. The molecule has 1 N–H and O–H groups in total. The van der Waals surface area contributed by atoms with E-state index in [0.717, 1.165) is 27.9 Å². The second-order valence-corrected chi connectivity index (χ2v) is 8.60. The van der Waals surface area contributed by atoms with Crippen molar-refractivity contribution < 1.29 is 9.59 Å². The summed E-state index contributed by atoms with van der Waals surface area (Å²) in [6, 6.07) is 15.8. The molecule has 0 unspecified atom stereocenters. The minimum Gasteiger partial charge on any atom is -0.349 e. The molecule has 0 saturated carbocycles. The molecule has 1 saturated heterocycles. The van der Waals surface area contributed by atoms with Crippen molar-refractivity contribution in [3.63, 3.8) is 0 Å². The molecule has 4 nitrogen and oxygen atoms in total. The highest BCUT2D eigenvalue weighted by Gasteiger charge is 2.38. The van der Waals surface area contributed by atoms with Crippen molar-refractivity contribution >= 4 is 45.2 Å². The summed E-state index contributed by atoms with van der Waals surface area (Å²) in [6.07, 6.45) is 1.45. The quantitative estimate of drug-likeness (QED) is 0.743. The van der Waals surface area contributed by atoms with E-state index in [1.807, 2.05) is 48.2 Å². The number of halogens is 1. The molecule has 26 heavy (non-hydrogen) atoms. The molecule has 6 heteroatoms. The zero-order chi connectivity index (χ0) is 18.1. The lowest BCUT2D eigenvalue weighted by atomic mass is 10.0. The summed E-state index contributed by atoms with van der Waals surface area (Å²) >= 11 is 5.26. The molecule has 2 aromatic rings. The summed E-state index contributed by atoms with van der Waals surface area (Å²) in [5.41, 5.74) is 1.99. The van der Waals surface area contributed by atoms with E-state index >= 15 is 0 Å². The van der Waals surface area contributed by atoms with E-state index in [4.69, 9.17) is 0 Å². The summed E-state index contributed by atoms with van der Waals surface area (Å²) in [7, 11) is 0. The fourth-order valence-electron chi connectivity index (χ4n) is 3.59. The van der Waals surface area contributed by atoms with Crippen molar-refractivity contribution in [1.29, 1.82) is 0 Å². The van der Waals surface area contributed by atoms with Crippen LogP contribution in [-0.4, -0.2) is 24.1 Å². The third-order valence-corrected chi connectivity index (χ3v) is 6.53. The summed E-state index contributed by atoms with van der Waals surface area (Å²) in [4.78, 5) is 28.5. The molecule has 0 radical (unpaired) electrons. The maximum absolute atomic E-state index is 12.8. The van der Waals surface area contributed by atoms with Crippen LogP contribution in [0.2, 0.25) is 0 Å². The fourth-order valence-corrected chi connectivity index (χ4v) is 5.10. The van der Waals surface area contributed by atoms with Crippen LogP contribution in [0, 0.1) is 5.92 Å². The van der Waals surface area contributed by atoms with Gasteiger partial charge in [0.2, 0.25) is 11.8 Å². The maximum Gasteiger partial charge on any atom is 0.239 e. The van der Waals surface area contributed by atoms with E-state index in [-0.39, 0.29) is 17.9 Å². The van der Waals surface area contributed by atoms with Crippen molar-refractivity contribution in [3.05, 3.63) is 58.6 Å². The molecular weight excluding hydrogens is 412 g/mol. The largest absolute Gasteiger partial charge is 0.349 e. The van der Waals surface area contributed by atoms with Crippen molar-refractivity contribution in [3.8, 4) is 0 Å². The van der Waals surface area contributed by atoms with Crippen LogP contribution in [-0.2, 0) is 9.59 Å². The molecule has 4 rings (SSSR count). The number of benzene rings is 2. The SMILES string of the molecule is O=C(N[C@@H]1CCSc2ccccc21)[C@@H]1CCN(c2cccc(Br)c2)C1=O. The first-order chi connectivity index (χ1) is 12.6. The number of fused-ring (bicyclic) bond motifs is 1. The highest BCUT2D eigenvalue weighted by molar-refractivity contribution is 9.10. The summed E-state index contributed by atoms with van der Waals surface area (Å²) < 4.78 is 0.923. The molecular formula is C20H19BrN2O2S. The van der Waals surface area contributed by atoms with Crippen LogP contribution in [0.4, 0.5) is 5.69 Å². The van der Waals surface area contributed by atoms with Crippen LogP contribution in [0.25, 0.3) is 0 Å². The number of carbonyl (C=O) groups excluding carboxylic acids is 2. The monoisotopic (exact) mass is 430 g/mol. The van der Waals surface area contributed by atoms with E-state index in [1.54, 1.807) is 4.90 Å². The number of thioether (sulfide) groups is 1. The average Bonchev–Trinajstić information content (AvgIpc) is 3.03. The van der Waals surface area contributed by atoms with Gasteiger partial charge in [0, 0.05) is 27.4 Å². The van der Waals surface area contributed by atoms with Crippen molar-refractivity contribution in [2.45, 2.75) is 23.8 Å². The molecule has 2 aliphatic heterocycles. The topological polar surface area (TPSA) is 49.4 Å². The van der Waals surface area contributed by atoms with Gasteiger partial charge in [0.25, 0.3) is 0 Å². The molecule has 0 spiro atoms. The minimum atomic E-state index is -0.601. The number of amides is 2. The third-order valence-electron chi connectivity index (χ3n) is 4.92. The molecule has 2 amide bonds. The molecule has 134 valence electrons. The standard InChI is InChI=1S/C20H19BrN2O2S/c21-13-4-3-5-14(12-13)23-10-8-16(20(23)25)19(24)22-17-9-11-26-18-7-2-1-6-15(17)18/h1-7,12,16-17H,8-11H2,(H,22,24)/t16-,17+/m0/s1.